The van der Waals surface area contributed by atoms with Crippen LogP contribution in [0.4, 0.5) is 10.5 Å². The average Bonchev–Trinajstić information content (AvgIpc) is 3.03. The number of hydrogen-bond acceptors (Lipinski definition) is 3. The summed E-state index contributed by atoms with van der Waals surface area (Å²) < 4.78 is 5.18. The van der Waals surface area contributed by atoms with Gasteiger partial charge < -0.3 is 20.3 Å². The normalized spacial score (nSPS) is 24.6. The molecule has 2 amide bonds. The lowest BCUT2D eigenvalue weighted by Gasteiger charge is -2.24. The minimum absolute atomic E-state index is 0.00877. The van der Waals surface area contributed by atoms with Crippen LogP contribution in [0.25, 0.3) is 0 Å². The van der Waals surface area contributed by atoms with Crippen LogP contribution in [0.5, 0.6) is 5.75 Å². The van der Waals surface area contributed by atoms with Gasteiger partial charge in [-0.15, -0.1) is 0 Å². The number of carbonyl (C=O) groups excluding carboxylic acids is 1. The van der Waals surface area contributed by atoms with Crippen LogP contribution in [0.2, 0.25) is 0 Å². The number of nitrogens with one attached hydrogen (secondary N) is 2. The van der Waals surface area contributed by atoms with E-state index in [1.807, 2.05) is 30.0 Å². The van der Waals surface area contributed by atoms with Gasteiger partial charge >= 0.3 is 6.03 Å². The monoisotopic (exact) mass is 275 g/mol. The van der Waals surface area contributed by atoms with Gasteiger partial charge in [0.2, 0.25) is 0 Å². The van der Waals surface area contributed by atoms with Gasteiger partial charge in [0.15, 0.2) is 0 Å². The zero-order chi connectivity index (χ0) is 14.1. The highest BCUT2D eigenvalue weighted by Crippen LogP contribution is 2.28. The first-order chi connectivity index (χ1) is 9.69. The summed E-state index contributed by atoms with van der Waals surface area (Å²) in [7, 11) is 1.64. The Labute approximate surface area is 119 Å². The van der Waals surface area contributed by atoms with Crippen LogP contribution >= 0.6 is 0 Å². The number of urea groups is 1. The number of methoxy groups -OCH3 is 1. The predicted molar refractivity (Wildman–Crippen MR) is 78.2 cm³/mol. The van der Waals surface area contributed by atoms with Crippen molar-refractivity contribution in [3.05, 3.63) is 23.8 Å². The molecular formula is C15H21N3O2. The Hall–Kier alpha value is -1.75. The average molecular weight is 275 g/mol. The standard InChI is InChI=1S/C15H21N3O2/c1-10-7-12(20-2)3-4-13(10)17-15(19)18-6-5-11-8-16-9-14(11)18/h3-4,7,11,14,16H,5-6,8-9H2,1-2H3,(H,17,19)/t11-,14+/m0/s1. The molecule has 3 rings (SSSR count). The van der Waals surface area contributed by atoms with Crippen molar-refractivity contribution in [2.75, 3.05) is 32.1 Å². The van der Waals surface area contributed by atoms with Crippen LogP contribution in [0.3, 0.4) is 0 Å². The van der Waals surface area contributed by atoms with E-state index < -0.39 is 0 Å². The number of ether oxygens (including phenoxy) is 1. The number of aryl methyl sites for hydroxylation is 1. The van der Waals surface area contributed by atoms with Crippen LogP contribution in [0.1, 0.15) is 12.0 Å². The van der Waals surface area contributed by atoms with E-state index in [0.29, 0.717) is 12.0 Å². The van der Waals surface area contributed by atoms with Crippen molar-refractivity contribution in [3.63, 3.8) is 0 Å². The van der Waals surface area contributed by atoms with E-state index in [1.165, 1.54) is 0 Å². The molecule has 2 N–H and O–H groups in total. The molecule has 0 radical (unpaired) electrons. The number of benzene rings is 1. The molecule has 2 aliphatic heterocycles. The van der Waals surface area contributed by atoms with Gasteiger partial charge in [0.25, 0.3) is 0 Å². The molecule has 5 nitrogen and oxygen atoms in total. The van der Waals surface area contributed by atoms with E-state index in [2.05, 4.69) is 10.6 Å². The Morgan fingerprint density at radius 1 is 1.45 bits per heavy atom. The topological polar surface area (TPSA) is 53.6 Å². The van der Waals surface area contributed by atoms with Gasteiger partial charge in [0.1, 0.15) is 5.75 Å². The van der Waals surface area contributed by atoms with E-state index >= 15 is 0 Å². The van der Waals surface area contributed by atoms with E-state index in [-0.39, 0.29) is 6.03 Å². The number of likely N-dealkylation sites (tertiary alicyclic amines) is 1. The second kappa shape index (κ2) is 5.32. The van der Waals surface area contributed by atoms with Gasteiger partial charge in [-0.05, 0) is 43.0 Å². The van der Waals surface area contributed by atoms with Crippen molar-refractivity contribution in [3.8, 4) is 5.75 Å². The lowest BCUT2D eigenvalue weighted by Crippen LogP contribution is -2.41. The van der Waals surface area contributed by atoms with Gasteiger partial charge in [-0.2, -0.15) is 0 Å². The lowest BCUT2D eigenvalue weighted by atomic mass is 10.1. The fraction of sp³-hybridized carbons (Fsp3) is 0.533. The van der Waals surface area contributed by atoms with Crippen molar-refractivity contribution in [2.24, 2.45) is 5.92 Å². The zero-order valence-electron chi connectivity index (χ0n) is 12.0. The van der Waals surface area contributed by atoms with Gasteiger partial charge in [0, 0.05) is 31.4 Å². The van der Waals surface area contributed by atoms with Gasteiger partial charge in [0.05, 0.1) is 7.11 Å². The maximum atomic E-state index is 12.4. The lowest BCUT2D eigenvalue weighted by molar-refractivity contribution is 0.206. The third-order valence-corrected chi connectivity index (χ3v) is 4.38. The molecule has 1 aromatic rings. The number of hydrogen-bond donors (Lipinski definition) is 2. The molecule has 0 aliphatic carbocycles. The Bertz CT molecular complexity index is 518. The summed E-state index contributed by atoms with van der Waals surface area (Å²) in [6.07, 6.45) is 1.10. The van der Waals surface area contributed by atoms with Crippen molar-refractivity contribution >= 4 is 11.7 Å². The van der Waals surface area contributed by atoms with Crippen LogP contribution < -0.4 is 15.4 Å². The Kier molecular flexibility index (Phi) is 3.53. The van der Waals surface area contributed by atoms with Crippen LogP contribution in [-0.2, 0) is 0 Å². The molecule has 2 heterocycles. The first kappa shape index (κ1) is 13.2. The molecule has 2 saturated heterocycles. The van der Waals surface area contributed by atoms with Crippen LogP contribution in [-0.4, -0.2) is 43.7 Å². The third-order valence-electron chi connectivity index (χ3n) is 4.38. The second-order valence-corrected chi connectivity index (χ2v) is 5.58. The summed E-state index contributed by atoms with van der Waals surface area (Å²) in [5, 5.41) is 6.38. The summed E-state index contributed by atoms with van der Waals surface area (Å²) in [6.45, 7) is 4.79. The van der Waals surface area contributed by atoms with E-state index in [4.69, 9.17) is 4.74 Å². The van der Waals surface area contributed by atoms with Crippen molar-refractivity contribution in [2.45, 2.75) is 19.4 Å². The summed E-state index contributed by atoms with van der Waals surface area (Å²) in [5.41, 5.74) is 1.86. The minimum Gasteiger partial charge on any atom is -0.497 e. The molecular weight excluding hydrogens is 254 g/mol. The molecule has 0 aromatic heterocycles. The second-order valence-electron chi connectivity index (χ2n) is 5.58. The first-order valence-electron chi connectivity index (χ1n) is 7.12. The Balaban J connectivity index is 1.70. The zero-order valence-corrected chi connectivity index (χ0v) is 12.0. The first-order valence-corrected chi connectivity index (χ1v) is 7.12. The molecule has 5 heteroatoms. The van der Waals surface area contributed by atoms with Crippen molar-refractivity contribution in [1.82, 2.24) is 10.2 Å². The molecule has 0 spiro atoms. The molecule has 0 bridgehead atoms. The number of nitrogens with zero attached hydrogens (tertiary/aromatic N) is 1. The van der Waals surface area contributed by atoms with Gasteiger partial charge in [-0.1, -0.05) is 0 Å². The number of anilines is 1. The molecule has 2 fully saturated rings. The molecule has 108 valence electrons. The fourth-order valence-corrected chi connectivity index (χ4v) is 3.19. The molecule has 20 heavy (non-hydrogen) atoms. The summed E-state index contributed by atoms with van der Waals surface area (Å²) in [5.74, 6) is 1.43. The maximum Gasteiger partial charge on any atom is 0.322 e. The van der Waals surface area contributed by atoms with Crippen LogP contribution in [0.15, 0.2) is 18.2 Å². The third kappa shape index (κ3) is 2.33. The summed E-state index contributed by atoms with van der Waals surface area (Å²) in [4.78, 5) is 14.4. The predicted octanol–water partition coefficient (Wildman–Crippen LogP) is 1.83. The van der Waals surface area contributed by atoms with Gasteiger partial charge in [-0.3, -0.25) is 0 Å². The van der Waals surface area contributed by atoms with E-state index in [1.54, 1.807) is 7.11 Å². The highest BCUT2D eigenvalue weighted by Gasteiger charge is 2.39. The minimum atomic E-state index is 0.00877. The van der Waals surface area contributed by atoms with Gasteiger partial charge in [-0.25, -0.2) is 4.79 Å². The molecule has 0 unspecified atom stereocenters. The molecule has 2 aliphatic rings. The number of rotatable bonds is 2. The largest absolute Gasteiger partial charge is 0.497 e. The number of carbonyl (C=O) groups is 1. The highest BCUT2D eigenvalue weighted by atomic mass is 16.5. The smallest absolute Gasteiger partial charge is 0.322 e. The molecule has 1 aromatic carbocycles. The quantitative estimate of drug-likeness (QED) is 0.866. The fourth-order valence-electron chi connectivity index (χ4n) is 3.19. The number of fused-ring (bicyclic) bond motifs is 1. The molecule has 2 atom stereocenters. The van der Waals surface area contributed by atoms with E-state index in [9.17, 15) is 4.79 Å². The summed E-state index contributed by atoms with van der Waals surface area (Å²) >= 11 is 0. The van der Waals surface area contributed by atoms with Crippen LogP contribution in [0, 0.1) is 12.8 Å². The maximum absolute atomic E-state index is 12.4. The highest BCUT2D eigenvalue weighted by molar-refractivity contribution is 5.90. The Morgan fingerprint density at radius 3 is 3.05 bits per heavy atom. The van der Waals surface area contributed by atoms with Crippen molar-refractivity contribution in [1.29, 1.82) is 0 Å². The summed E-state index contributed by atoms with van der Waals surface area (Å²) in [6, 6.07) is 6.06. The molecule has 0 saturated carbocycles. The Morgan fingerprint density at radius 2 is 2.30 bits per heavy atom. The SMILES string of the molecule is COc1ccc(NC(=O)N2CC[C@H]3CNC[C@H]32)c(C)c1. The van der Waals surface area contributed by atoms with Crippen molar-refractivity contribution < 1.29 is 9.53 Å². The van der Waals surface area contributed by atoms with E-state index in [0.717, 1.165) is 43.1 Å². The number of amides is 2.